The summed E-state index contributed by atoms with van der Waals surface area (Å²) in [4.78, 5) is 2.53. The van der Waals surface area contributed by atoms with Crippen molar-refractivity contribution in [2.24, 2.45) is 0 Å². The van der Waals surface area contributed by atoms with Gasteiger partial charge in [0.25, 0.3) is 0 Å². The van der Waals surface area contributed by atoms with Crippen molar-refractivity contribution < 1.29 is 4.74 Å². The average molecular weight is 341 g/mol. The third-order valence-corrected chi connectivity index (χ3v) is 4.59. The second kappa shape index (κ2) is 7.43. The van der Waals surface area contributed by atoms with Crippen LogP contribution in [0.25, 0.3) is 0 Å². The number of nitrogens with one attached hydrogen (secondary N) is 1. The Morgan fingerprint density at radius 3 is 2.70 bits per heavy atom. The maximum atomic E-state index is 5.89. The number of piperazine rings is 1. The fourth-order valence-electron chi connectivity index (χ4n) is 2.84. The molecule has 3 nitrogen and oxygen atoms in total. The van der Waals surface area contributed by atoms with Gasteiger partial charge in [-0.05, 0) is 39.3 Å². The van der Waals surface area contributed by atoms with Gasteiger partial charge in [0.15, 0.2) is 0 Å². The van der Waals surface area contributed by atoms with Crippen molar-refractivity contribution in [2.45, 2.75) is 39.3 Å². The maximum absolute atomic E-state index is 5.89. The lowest BCUT2D eigenvalue weighted by atomic mass is 10.1. The van der Waals surface area contributed by atoms with Crippen molar-refractivity contribution in [3.05, 3.63) is 28.2 Å². The third-order valence-electron chi connectivity index (χ3n) is 3.73. The van der Waals surface area contributed by atoms with Crippen LogP contribution in [-0.4, -0.2) is 43.2 Å². The smallest absolute Gasteiger partial charge is 0.123 e. The molecule has 1 N–H and O–H groups in total. The number of hydrogen-bond acceptors (Lipinski definition) is 3. The summed E-state index contributed by atoms with van der Waals surface area (Å²) in [7, 11) is 0. The number of rotatable bonds is 5. The Bertz CT molecular complexity index is 428. The van der Waals surface area contributed by atoms with Crippen LogP contribution in [0, 0.1) is 6.92 Å². The molecule has 1 aromatic rings. The van der Waals surface area contributed by atoms with Gasteiger partial charge in [-0.3, -0.25) is 0 Å². The maximum Gasteiger partial charge on any atom is 0.123 e. The molecule has 0 unspecified atom stereocenters. The molecular weight excluding hydrogens is 316 g/mol. The molecule has 20 heavy (non-hydrogen) atoms. The standard InChI is InChI=1S/C16H25BrN2O/c1-12-10-19(11-13(2)18-12)8-5-9-20-16-7-4-6-15(17)14(16)3/h4,6-7,12-13,18H,5,8-11H2,1-3H3/t12-,13+. The molecule has 1 fully saturated rings. The number of ether oxygens (including phenoxy) is 1. The number of hydrogen-bond donors (Lipinski definition) is 1. The first-order valence-electron chi connectivity index (χ1n) is 7.42. The highest BCUT2D eigenvalue weighted by molar-refractivity contribution is 9.10. The first kappa shape index (κ1) is 15.8. The van der Waals surface area contributed by atoms with Crippen molar-refractivity contribution in [3.8, 4) is 5.75 Å². The van der Waals surface area contributed by atoms with Crippen molar-refractivity contribution in [3.63, 3.8) is 0 Å². The molecule has 0 radical (unpaired) electrons. The minimum absolute atomic E-state index is 0.590. The Morgan fingerprint density at radius 1 is 1.30 bits per heavy atom. The summed E-state index contributed by atoms with van der Waals surface area (Å²) >= 11 is 3.54. The molecule has 2 atom stereocenters. The number of nitrogens with zero attached hydrogens (tertiary/aromatic N) is 1. The molecule has 0 spiro atoms. The number of halogens is 1. The van der Waals surface area contributed by atoms with Crippen LogP contribution < -0.4 is 10.1 Å². The van der Waals surface area contributed by atoms with Crippen LogP contribution in [-0.2, 0) is 0 Å². The van der Waals surface area contributed by atoms with E-state index in [1.54, 1.807) is 0 Å². The van der Waals surface area contributed by atoms with Gasteiger partial charge in [0.05, 0.1) is 6.61 Å². The van der Waals surface area contributed by atoms with Gasteiger partial charge in [0.2, 0.25) is 0 Å². The van der Waals surface area contributed by atoms with E-state index in [0.717, 1.165) is 42.9 Å². The lowest BCUT2D eigenvalue weighted by Crippen LogP contribution is -2.54. The summed E-state index contributed by atoms with van der Waals surface area (Å²) in [6.07, 6.45) is 1.07. The van der Waals surface area contributed by atoms with Gasteiger partial charge >= 0.3 is 0 Å². The molecule has 1 aliphatic rings. The highest BCUT2D eigenvalue weighted by Gasteiger charge is 2.20. The van der Waals surface area contributed by atoms with E-state index in [2.05, 4.69) is 46.9 Å². The van der Waals surface area contributed by atoms with Gasteiger partial charge in [0.1, 0.15) is 5.75 Å². The molecule has 0 amide bonds. The van der Waals surface area contributed by atoms with Crippen LogP contribution in [0.3, 0.4) is 0 Å². The normalized spacial score (nSPS) is 23.8. The molecule has 0 aromatic heterocycles. The summed E-state index contributed by atoms with van der Waals surface area (Å²) < 4.78 is 7.00. The molecule has 0 aliphatic carbocycles. The zero-order valence-electron chi connectivity index (χ0n) is 12.7. The molecule has 0 bridgehead atoms. The van der Waals surface area contributed by atoms with Crippen LogP contribution in [0.4, 0.5) is 0 Å². The largest absolute Gasteiger partial charge is 0.493 e. The second-order valence-electron chi connectivity index (χ2n) is 5.79. The summed E-state index contributed by atoms with van der Waals surface area (Å²) in [6.45, 7) is 10.8. The topological polar surface area (TPSA) is 24.5 Å². The average Bonchev–Trinajstić information content (AvgIpc) is 2.38. The highest BCUT2D eigenvalue weighted by Crippen LogP contribution is 2.25. The molecule has 112 valence electrons. The number of benzene rings is 1. The van der Waals surface area contributed by atoms with Gasteiger partial charge in [-0.2, -0.15) is 0 Å². The zero-order valence-corrected chi connectivity index (χ0v) is 14.2. The first-order valence-corrected chi connectivity index (χ1v) is 8.22. The fraction of sp³-hybridized carbons (Fsp3) is 0.625. The zero-order chi connectivity index (χ0) is 14.5. The van der Waals surface area contributed by atoms with Gasteiger partial charge in [-0.15, -0.1) is 0 Å². The van der Waals surface area contributed by atoms with Crippen molar-refractivity contribution in [1.29, 1.82) is 0 Å². The van der Waals surface area contributed by atoms with Crippen LogP contribution in [0.2, 0.25) is 0 Å². The fourth-order valence-corrected chi connectivity index (χ4v) is 3.19. The van der Waals surface area contributed by atoms with E-state index >= 15 is 0 Å². The Morgan fingerprint density at radius 2 is 2.00 bits per heavy atom. The van der Waals surface area contributed by atoms with Gasteiger partial charge < -0.3 is 15.0 Å². The minimum Gasteiger partial charge on any atom is -0.493 e. The van der Waals surface area contributed by atoms with Crippen molar-refractivity contribution in [1.82, 2.24) is 10.2 Å². The third kappa shape index (κ3) is 4.47. The van der Waals surface area contributed by atoms with E-state index in [0.29, 0.717) is 12.1 Å². The summed E-state index contributed by atoms with van der Waals surface area (Å²) in [6, 6.07) is 7.28. The minimum atomic E-state index is 0.590. The van der Waals surface area contributed by atoms with Crippen LogP contribution in [0.15, 0.2) is 22.7 Å². The molecule has 1 aliphatic heterocycles. The SMILES string of the molecule is Cc1c(Br)cccc1OCCCN1C[C@@H](C)N[C@@H](C)C1. The van der Waals surface area contributed by atoms with Crippen molar-refractivity contribution >= 4 is 15.9 Å². The lowest BCUT2D eigenvalue weighted by molar-refractivity contribution is 0.161. The van der Waals surface area contributed by atoms with E-state index in [-0.39, 0.29) is 0 Å². The lowest BCUT2D eigenvalue weighted by Gasteiger charge is -2.36. The van der Waals surface area contributed by atoms with E-state index in [4.69, 9.17) is 4.74 Å². The first-order chi connectivity index (χ1) is 9.56. The Kier molecular flexibility index (Phi) is 5.87. The van der Waals surface area contributed by atoms with Gasteiger partial charge in [-0.25, -0.2) is 0 Å². The van der Waals surface area contributed by atoms with Crippen molar-refractivity contribution in [2.75, 3.05) is 26.2 Å². The molecule has 1 aromatic carbocycles. The van der Waals surface area contributed by atoms with E-state index in [1.165, 1.54) is 5.56 Å². The van der Waals surface area contributed by atoms with Gasteiger partial charge in [0, 0.05) is 41.8 Å². The Labute approximate surface area is 130 Å². The molecule has 1 heterocycles. The van der Waals surface area contributed by atoms with Gasteiger partial charge in [-0.1, -0.05) is 22.0 Å². The van der Waals surface area contributed by atoms with E-state index in [1.807, 2.05) is 18.2 Å². The predicted octanol–water partition coefficient (Wildman–Crippen LogP) is 3.21. The predicted molar refractivity (Wildman–Crippen MR) is 87.5 cm³/mol. The molecule has 4 heteroatoms. The summed E-state index contributed by atoms with van der Waals surface area (Å²) in [5.74, 6) is 0.987. The quantitative estimate of drug-likeness (QED) is 0.833. The van der Waals surface area contributed by atoms with Crippen LogP contribution in [0.1, 0.15) is 25.8 Å². The highest BCUT2D eigenvalue weighted by atomic mass is 79.9. The van der Waals surface area contributed by atoms with Crippen LogP contribution >= 0.6 is 15.9 Å². The Hall–Kier alpha value is -0.580. The van der Waals surface area contributed by atoms with E-state index < -0.39 is 0 Å². The Balaban J connectivity index is 1.72. The molecule has 2 rings (SSSR count). The summed E-state index contributed by atoms with van der Waals surface area (Å²) in [5, 5.41) is 3.56. The molecular formula is C16H25BrN2O. The van der Waals surface area contributed by atoms with Crippen LogP contribution in [0.5, 0.6) is 5.75 Å². The second-order valence-corrected chi connectivity index (χ2v) is 6.65. The molecule has 0 saturated carbocycles. The van der Waals surface area contributed by atoms with E-state index in [9.17, 15) is 0 Å². The summed E-state index contributed by atoms with van der Waals surface area (Å²) in [5.41, 5.74) is 1.18. The monoisotopic (exact) mass is 340 g/mol. The molecule has 1 saturated heterocycles.